The average molecular weight is 269 g/mol. The Bertz CT molecular complexity index is 201. The lowest BCUT2D eigenvalue weighted by molar-refractivity contribution is -0.132. The van der Waals surface area contributed by atoms with E-state index in [1.54, 1.807) is 0 Å². The van der Waals surface area contributed by atoms with Gasteiger partial charge in [0.2, 0.25) is 5.91 Å². The van der Waals surface area contributed by atoms with Crippen molar-refractivity contribution in [2.45, 2.75) is 85.5 Å². The third-order valence-electron chi connectivity index (χ3n) is 3.50. The second kappa shape index (κ2) is 12.5. The van der Waals surface area contributed by atoms with Gasteiger partial charge in [-0.1, -0.05) is 66.2 Å². The fraction of sp³-hybridized carbons (Fsp3) is 0.941. The molecule has 0 N–H and O–H groups in total. The number of rotatable bonds is 12. The van der Waals surface area contributed by atoms with Crippen LogP contribution >= 0.6 is 0 Å². The molecule has 0 unspecified atom stereocenters. The van der Waals surface area contributed by atoms with Gasteiger partial charge < -0.3 is 4.90 Å². The van der Waals surface area contributed by atoms with Crippen LogP contribution in [0.1, 0.15) is 85.5 Å². The maximum atomic E-state index is 12.2. The van der Waals surface area contributed by atoms with Crippen molar-refractivity contribution in [2.75, 3.05) is 13.1 Å². The highest BCUT2D eigenvalue weighted by Gasteiger charge is 2.13. The Morgan fingerprint density at radius 3 is 1.68 bits per heavy atom. The van der Waals surface area contributed by atoms with Gasteiger partial charge in [0.25, 0.3) is 0 Å². The maximum absolute atomic E-state index is 12.2. The molecule has 0 aliphatic carbocycles. The van der Waals surface area contributed by atoms with Gasteiger partial charge in [0.05, 0.1) is 0 Å². The van der Waals surface area contributed by atoms with Crippen molar-refractivity contribution < 1.29 is 4.79 Å². The quantitative estimate of drug-likeness (QED) is 0.455. The van der Waals surface area contributed by atoms with Gasteiger partial charge in [-0.15, -0.1) is 0 Å². The minimum atomic E-state index is 0.364. The van der Waals surface area contributed by atoms with Gasteiger partial charge in [0, 0.05) is 19.5 Å². The topological polar surface area (TPSA) is 20.3 Å². The molecule has 0 rings (SSSR count). The molecule has 0 bridgehead atoms. The monoisotopic (exact) mass is 269 g/mol. The lowest BCUT2D eigenvalue weighted by Crippen LogP contribution is -2.33. The number of hydrogen-bond donors (Lipinski definition) is 0. The number of carbonyl (C=O) groups excluding carboxylic acids is 1. The van der Waals surface area contributed by atoms with E-state index in [1.165, 1.54) is 51.4 Å². The molecule has 114 valence electrons. The molecule has 2 nitrogen and oxygen atoms in total. The molecule has 2 heteroatoms. The van der Waals surface area contributed by atoms with Crippen LogP contribution in [0, 0.1) is 5.92 Å². The molecule has 1 amide bonds. The van der Waals surface area contributed by atoms with Crippen LogP contribution in [0.15, 0.2) is 0 Å². The number of carbonyl (C=O) groups is 1. The molecule has 0 heterocycles. The Kier molecular flexibility index (Phi) is 12.2. The predicted octanol–water partition coefficient (Wildman–Crippen LogP) is 5.02. The Morgan fingerprint density at radius 2 is 1.32 bits per heavy atom. The van der Waals surface area contributed by atoms with Crippen molar-refractivity contribution in [2.24, 2.45) is 5.92 Å². The molecule has 0 radical (unpaired) electrons. The first-order chi connectivity index (χ1) is 9.11. The van der Waals surface area contributed by atoms with Crippen LogP contribution in [0.5, 0.6) is 0 Å². The molecular formula is C17H35NO. The van der Waals surface area contributed by atoms with E-state index in [2.05, 4.69) is 32.6 Å². The summed E-state index contributed by atoms with van der Waals surface area (Å²) in [6.45, 7) is 10.7. The van der Waals surface area contributed by atoms with Crippen LogP contribution in [0.25, 0.3) is 0 Å². The second-order valence-corrected chi connectivity index (χ2v) is 6.10. The molecule has 0 atom stereocenters. The molecule has 0 aromatic heterocycles. The van der Waals surface area contributed by atoms with Crippen LogP contribution in [0.4, 0.5) is 0 Å². The van der Waals surface area contributed by atoms with E-state index in [1.807, 2.05) is 0 Å². The van der Waals surface area contributed by atoms with Gasteiger partial charge in [-0.3, -0.25) is 4.79 Å². The normalized spacial score (nSPS) is 11.0. The van der Waals surface area contributed by atoms with E-state index >= 15 is 0 Å². The summed E-state index contributed by atoms with van der Waals surface area (Å²) in [4.78, 5) is 14.3. The van der Waals surface area contributed by atoms with Crippen molar-refractivity contribution in [1.82, 2.24) is 4.90 Å². The lowest BCUT2D eigenvalue weighted by atomic mass is 10.1. The SMILES string of the molecule is CCCCCCN(CCCCCC)C(=O)CC(C)C. The van der Waals surface area contributed by atoms with E-state index < -0.39 is 0 Å². The molecule has 0 aromatic carbocycles. The van der Waals surface area contributed by atoms with Crippen LogP contribution in [-0.4, -0.2) is 23.9 Å². The first kappa shape index (κ1) is 18.5. The third-order valence-corrected chi connectivity index (χ3v) is 3.50. The van der Waals surface area contributed by atoms with Crippen molar-refractivity contribution in [3.05, 3.63) is 0 Å². The Labute approximate surface area is 120 Å². The minimum Gasteiger partial charge on any atom is -0.343 e. The highest BCUT2D eigenvalue weighted by Crippen LogP contribution is 2.09. The van der Waals surface area contributed by atoms with Crippen LogP contribution in [0.3, 0.4) is 0 Å². The molecule has 0 aromatic rings. The summed E-state index contributed by atoms with van der Waals surface area (Å²) in [5.41, 5.74) is 0. The summed E-state index contributed by atoms with van der Waals surface area (Å²) >= 11 is 0. The number of unbranched alkanes of at least 4 members (excludes halogenated alkanes) is 6. The highest BCUT2D eigenvalue weighted by atomic mass is 16.2. The Morgan fingerprint density at radius 1 is 0.842 bits per heavy atom. The number of amides is 1. The van der Waals surface area contributed by atoms with Crippen molar-refractivity contribution in [3.63, 3.8) is 0 Å². The van der Waals surface area contributed by atoms with Gasteiger partial charge in [0.1, 0.15) is 0 Å². The van der Waals surface area contributed by atoms with Crippen molar-refractivity contribution in [1.29, 1.82) is 0 Å². The van der Waals surface area contributed by atoms with E-state index in [0.29, 0.717) is 18.2 Å². The van der Waals surface area contributed by atoms with Crippen molar-refractivity contribution in [3.8, 4) is 0 Å². The summed E-state index contributed by atoms with van der Waals surface area (Å²) in [5, 5.41) is 0. The maximum Gasteiger partial charge on any atom is 0.222 e. The summed E-state index contributed by atoms with van der Waals surface area (Å²) in [6.07, 6.45) is 10.7. The zero-order valence-electron chi connectivity index (χ0n) is 13.7. The lowest BCUT2D eigenvalue weighted by Gasteiger charge is -2.23. The van der Waals surface area contributed by atoms with E-state index in [9.17, 15) is 4.79 Å². The first-order valence-electron chi connectivity index (χ1n) is 8.39. The van der Waals surface area contributed by atoms with E-state index in [4.69, 9.17) is 0 Å². The van der Waals surface area contributed by atoms with Crippen LogP contribution in [-0.2, 0) is 4.79 Å². The number of nitrogens with zero attached hydrogens (tertiary/aromatic N) is 1. The van der Waals surface area contributed by atoms with Crippen LogP contribution in [0.2, 0.25) is 0 Å². The Balaban J connectivity index is 4.02. The summed E-state index contributed by atoms with van der Waals surface area (Å²) in [7, 11) is 0. The molecule has 19 heavy (non-hydrogen) atoms. The average Bonchev–Trinajstić information content (AvgIpc) is 2.36. The molecule has 0 aliphatic heterocycles. The third kappa shape index (κ3) is 11.0. The molecule has 0 spiro atoms. The molecule has 0 aliphatic rings. The minimum absolute atomic E-state index is 0.364. The molecule has 0 fully saturated rings. The van der Waals surface area contributed by atoms with Gasteiger partial charge in [0.15, 0.2) is 0 Å². The van der Waals surface area contributed by atoms with Gasteiger partial charge >= 0.3 is 0 Å². The highest BCUT2D eigenvalue weighted by molar-refractivity contribution is 5.76. The van der Waals surface area contributed by atoms with Gasteiger partial charge in [-0.05, 0) is 18.8 Å². The van der Waals surface area contributed by atoms with Gasteiger partial charge in [-0.25, -0.2) is 0 Å². The van der Waals surface area contributed by atoms with E-state index in [0.717, 1.165) is 13.1 Å². The summed E-state index contributed by atoms with van der Waals surface area (Å²) in [5.74, 6) is 0.837. The fourth-order valence-electron chi connectivity index (χ4n) is 2.30. The van der Waals surface area contributed by atoms with E-state index in [-0.39, 0.29) is 0 Å². The van der Waals surface area contributed by atoms with Crippen molar-refractivity contribution >= 4 is 5.91 Å². The Hall–Kier alpha value is -0.530. The van der Waals surface area contributed by atoms with Crippen LogP contribution < -0.4 is 0 Å². The summed E-state index contributed by atoms with van der Waals surface area (Å²) < 4.78 is 0. The predicted molar refractivity (Wildman–Crippen MR) is 84.3 cm³/mol. The molecule has 0 saturated heterocycles. The smallest absolute Gasteiger partial charge is 0.222 e. The molecular weight excluding hydrogens is 234 g/mol. The molecule has 0 saturated carbocycles. The van der Waals surface area contributed by atoms with Gasteiger partial charge in [-0.2, -0.15) is 0 Å². The zero-order valence-corrected chi connectivity index (χ0v) is 13.7. The largest absolute Gasteiger partial charge is 0.343 e. The zero-order chi connectivity index (χ0) is 14.5. The standard InChI is InChI=1S/C17H35NO/c1-5-7-9-11-13-18(14-12-10-8-6-2)17(19)15-16(3)4/h16H,5-15H2,1-4H3. The number of hydrogen-bond acceptors (Lipinski definition) is 1. The fourth-order valence-corrected chi connectivity index (χ4v) is 2.30. The first-order valence-corrected chi connectivity index (χ1v) is 8.39. The second-order valence-electron chi connectivity index (χ2n) is 6.10. The summed E-state index contributed by atoms with van der Waals surface area (Å²) in [6, 6.07) is 0.